The molecular weight excluding hydrogens is 164 g/mol. The molecule has 0 aromatic rings. The van der Waals surface area contributed by atoms with Gasteiger partial charge in [-0.25, -0.2) is 4.99 Å². The van der Waals surface area contributed by atoms with E-state index in [4.69, 9.17) is 5.73 Å². The summed E-state index contributed by atoms with van der Waals surface area (Å²) in [5, 5.41) is 0. The monoisotopic (exact) mass is 174 g/mol. The molecule has 13 heavy (non-hydrogen) atoms. The zero-order chi connectivity index (χ0) is 9.26. The Labute approximate surface area is 76.3 Å². The van der Waals surface area contributed by atoms with E-state index in [1.54, 1.807) is 6.08 Å². The van der Waals surface area contributed by atoms with Crippen LogP contribution >= 0.6 is 0 Å². The molecule has 0 saturated heterocycles. The minimum atomic E-state index is -0.192. The van der Waals surface area contributed by atoms with Gasteiger partial charge in [-0.15, -0.1) is 0 Å². The van der Waals surface area contributed by atoms with Crippen LogP contribution in [0.25, 0.3) is 0 Å². The fourth-order valence-corrected chi connectivity index (χ4v) is 1.39. The number of aliphatic imine (C=N–C) groups is 1. The van der Waals surface area contributed by atoms with Gasteiger partial charge in [0.2, 0.25) is 0 Å². The van der Waals surface area contributed by atoms with Gasteiger partial charge in [-0.1, -0.05) is 12.2 Å². The third-order valence-electron chi connectivity index (χ3n) is 2.10. The van der Waals surface area contributed by atoms with Crippen molar-refractivity contribution in [3.05, 3.63) is 36.0 Å². The van der Waals surface area contributed by atoms with Crippen LogP contribution in [0.5, 0.6) is 0 Å². The Balaban J connectivity index is 2.33. The van der Waals surface area contributed by atoms with E-state index in [2.05, 4.69) is 4.99 Å². The molecule has 0 bridgehead atoms. The van der Waals surface area contributed by atoms with E-state index in [0.29, 0.717) is 6.54 Å². The first kappa shape index (κ1) is 8.13. The topological polar surface area (TPSA) is 55.4 Å². The minimum Gasteiger partial charge on any atom is -0.330 e. The summed E-state index contributed by atoms with van der Waals surface area (Å²) in [4.78, 5) is 14.8. The SMILES string of the molecule is NCC1C=CC2=NC(=O)C=CC2=C1. The van der Waals surface area contributed by atoms with Crippen LogP contribution in [0.1, 0.15) is 0 Å². The number of nitrogens with two attached hydrogens (primary N) is 1. The summed E-state index contributed by atoms with van der Waals surface area (Å²) >= 11 is 0. The van der Waals surface area contributed by atoms with Gasteiger partial charge in [0.15, 0.2) is 0 Å². The lowest BCUT2D eigenvalue weighted by Crippen LogP contribution is -2.17. The molecule has 0 saturated carbocycles. The van der Waals surface area contributed by atoms with Crippen molar-refractivity contribution in [2.75, 3.05) is 6.54 Å². The van der Waals surface area contributed by atoms with E-state index in [1.807, 2.05) is 18.2 Å². The van der Waals surface area contributed by atoms with Gasteiger partial charge < -0.3 is 5.73 Å². The van der Waals surface area contributed by atoms with E-state index in [0.717, 1.165) is 11.3 Å². The van der Waals surface area contributed by atoms with Gasteiger partial charge in [-0.05, 0) is 17.7 Å². The highest BCUT2D eigenvalue weighted by atomic mass is 16.1. The molecule has 3 nitrogen and oxygen atoms in total. The normalized spacial score (nSPS) is 25.3. The second-order valence-electron chi connectivity index (χ2n) is 3.05. The van der Waals surface area contributed by atoms with Gasteiger partial charge in [0.1, 0.15) is 0 Å². The number of rotatable bonds is 1. The maximum absolute atomic E-state index is 10.9. The van der Waals surface area contributed by atoms with Crippen LogP contribution in [-0.2, 0) is 4.79 Å². The van der Waals surface area contributed by atoms with Crippen molar-refractivity contribution in [1.29, 1.82) is 0 Å². The average molecular weight is 174 g/mol. The van der Waals surface area contributed by atoms with Crippen molar-refractivity contribution < 1.29 is 4.79 Å². The third kappa shape index (κ3) is 1.51. The molecule has 2 rings (SSSR count). The maximum Gasteiger partial charge on any atom is 0.270 e. The van der Waals surface area contributed by atoms with Crippen LogP contribution in [0.4, 0.5) is 0 Å². The molecule has 1 heterocycles. The number of fused-ring (bicyclic) bond motifs is 1. The molecule has 1 unspecified atom stereocenters. The van der Waals surface area contributed by atoms with Gasteiger partial charge in [-0.2, -0.15) is 0 Å². The molecule has 1 aliphatic heterocycles. The van der Waals surface area contributed by atoms with Crippen molar-refractivity contribution in [3.63, 3.8) is 0 Å². The van der Waals surface area contributed by atoms with Crippen LogP contribution < -0.4 is 5.73 Å². The molecule has 0 aromatic heterocycles. The number of hydrogen-bond donors (Lipinski definition) is 1. The molecule has 1 amide bonds. The van der Waals surface area contributed by atoms with Crippen molar-refractivity contribution in [2.45, 2.75) is 0 Å². The lowest BCUT2D eigenvalue weighted by molar-refractivity contribution is -0.113. The zero-order valence-corrected chi connectivity index (χ0v) is 7.10. The van der Waals surface area contributed by atoms with Crippen molar-refractivity contribution in [1.82, 2.24) is 0 Å². The number of carbonyl (C=O) groups is 1. The fraction of sp³-hybridized carbons (Fsp3) is 0.200. The first-order valence-electron chi connectivity index (χ1n) is 4.21. The summed E-state index contributed by atoms with van der Waals surface area (Å²) < 4.78 is 0. The van der Waals surface area contributed by atoms with E-state index in [-0.39, 0.29) is 11.8 Å². The zero-order valence-electron chi connectivity index (χ0n) is 7.10. The molecular formula is C10H10N2O. The molecule has 3 heteroatoms. The molecule has 66 valence electrons. The minimum absolute atomic E-state index is 0.192. The van der Waals surface area contributed by atoms with E-state index in [9.17, 15) is 4.79 Å². The molecule has 0 fully saturated rings. The molecule has 0 spiro atoms. The molecule has 2 aliphatic rings. The van der Waals surface area contributed by atoms with Gasteiger partial charge in [-0.3, -0.25) is 4.79 Å². The van der Waals surface area contributed by atoms with Crippen molar-refractivity contribution in [2.24, 2.45) is 16.6 Å². The Morgan fingerprint density at radius 3 is 3.00 bits per heavy atom. The van der Waals surface area contributed by atoms with Gasteiger partial charge >= 0.3 is 0 Å². The number of carbonyl (C=O) groups excluding carboxylic acids is 1. The van der Waals surface area contributed by atoms with E-state index >= 15 is 0 Å². The average Bonchev–Trinajstić information content (AvgIpc) is 2.17. The highest BCUT2D eigenvalue weighted by molar-refractivity contribution is 6.19. The summed E-state index contributed by atoms with van der Waals surface area (Å²) in [5.74, 6) is 0.0785. The number of dihydropyridines is 1. The quantitative estimate of drug-likeness (QED) is 0.632. The number of hydrogen-bond acceptors (Lipinski definition) is 2. The number of allylic oxidation sites excluding steroid dienone is 3. The van der Waals surface area contributed by atoms with E-state index < -0.39 is 0 Å². The lowest BCUT2D eigenvalue weighted by atomic mass is 9.94. The van der Waals surface area contributed by atoms with Crippen molar-refractivity contribution >= 4 is 11.6 Å². The van der Waals surface area contributed by atoms with Crippen LogP contribution in [0, 0.1) is 5.92 Å². The summed E-state index contributed by atoms with van der Waals surface area (Å²) in [6.45, 7) is 0.592. The summed E-state index contributed by atoms with van der Waals surface area (Å²) in [5.41, 5.74) is 7.27. The molecule has 2 N–H and O–H groups in total. The lowest BCUT2D eigenvalue weighted by Gasteiger charge is -2.15. The standard InChI is InChI=1S/C10H10N2O/c11-6-7-1-3-9-8(5-7)2-4-10(13)12-9/h1-5,7H,6,11H2. The van der Waals surface area contributed by atoms with Crippen molar-refractivity contribution in [3.8, 4) is 0 Å². The first-order chi connectivity index (χ1) is 6.29. The van der Waals surface area contributed by atoms with Gasteiger partial charge in [0.05, 0.1) is 5.71 Å². The Bertz CT molecular complexity index is 361. The molecule has 1 aliphatic carbocycles. The molecule has 0 radical (unpaired) electrons. The number of amides is 1. The summed E-state index contributed by atoms with van der Waals surface area (Å²) in [6, 6.07) is 0. The van der Waals surface area contributed by atoms with Crippen LogP contribution in [0.15, 0.2) is 40.9 Å². The largest absolute Gasteiger partial charge is 0.330 e. The van der Waals surface area contributed by atoms with Crippen LogP contribution in [0.3, 0.4) is 0 Å². The smallest absolute Gasteiger partial charge is 0.270 e. The Kier molecular flexibility index (Phi) is 1.94. The molecule has 1 atom stereocenters. The van der Waals surface area contributed by atoms with E-state index in [1.165, 1.54) is 6.08 Å². The summed E-state index contributed by atoms with van der Waals surface area (Å²) in [6.07, 6.45) is 9.11. The predicted octanol–water partition coefficient (Wildman–Crippen LogP) is 0.595. The molecule has 0 aromatic carbocycles. The first-order valence-corrected chi connectivity index (χ1v) is 4.21. The Hall–Kier alpha value is -1.48. The second-order valence-corrected chi connectivity index (χ2v) is 3.05. The van der Waals surface area contributed by atoms with Gasteiger partial charge in [0.25, 0.3) is 5.91 Å². The van der Waals surface area contributed by atoms with Gasteiger partial charge in [0, 0.05) is 18.5 Å². The predicted molar refractivity (Wildman–Crippen MR) is 51.3 cm³/mol. The van der Waals surface area contributed by atoms with Crippen LogP contribution in [-0.4, -0.2) is 18.2 Å². The van der Waals surface area contributed by atoms with Crippen LogP contribution in [0.2, 0.25) is 0 Å². The fourth-order valence-electron chi connectivity index (χ4n) is 1.39. The Morgan fingerprint density at radius 1 is 1.38 bits per heavy atom. The Morgan fingerprint density at radius 2 is 2.23 bits per heavy atom. The highest BCUT2D eigenvalue weighted by Gasteiger charge is 2.14. The highest BCUT2D eigenvalue weighted by Crippen LogP contribution is 2.17. The maximum atomic E-state index is 10.9. The number of nitrogens with zero attached hydrogens (tertiary/aromatic N) is 1. The summed E-state index contributed by atoms with van der Waals surface area (Å²) in [7, 11) is 0. The second kappa shape index (κ2) is 3.11. The third-order valence-corrected chi connectivity index (χ3v) is 2.10.